The van der Waals surface area contributed by atoms with Crippen LogP contribution in [-0.4, -0.2) is 0 Å². The first-order chi connectivity index (χ1) is 29.1. The highest BCUT2D eigenvalue weighted by molar-refractivity contribution is 7.26. The van der Waals surface area contributed by atoms with E-state index in [2.05, 4.69) is 231 Å². The van der Waals surface area contributed by atoms with E-state index in [9.17, 15) is 0 Å². The molecule has 0 fully saturated rings. The van der Waals surface area contributed by atoms with Gasteiger partial charge in [0.2, 0.25) is 0 Å². The van der Waals surface area contributed by atoms with Gasteiger partial charge in [-0.15, -0.1) is 11.3 Å². The van der Waals surface area contributed by atoms with Crippen molar-refractivity contribution < 1.29 is 0 Å². The molecule has 0 unspecified atom stereocenters. The summed E-state index contributed by atoms with van der Waals surface area (Å²) in [5.41, 5.74) is 18.2. The molecular formula is C57H41NS. The molecule has 0 radical (unpaired) electrons. The van der Waals surface area contributed by atoms with Crippen LogP contribution in [0, 0.1) is 0 Å². The average Bonchev–Trinajstić information content (AvgIpc) is 3.80. The lowest BCUT2D eigenvalue weighted by atomic mass is 9.82. The summed E-state index contributed by atoms with van der Waals surface area (Å²) in [5, 5.41) is 2.59. The number of nitrogens with zero attached hydrogens (tertiary/aromatic N) is 1. The van der Waals surface area contributed by atoms with Crippen molar-refractivity contribution in [2.45, 2.75) is 19.3 Å². The van der Waals surface area contributed by atoms with Crippen molar-refractivity contribution in [1.29, 1.82) is 0 Å². The molecule has 1 nitrogen and oxygen atoms in total. The first kappa shape index (κ1) is 35.2. The lowest BCUT2D eigenvalue weighted by molar-refractivity contribution is 0.660. The molecule has 0 aliphatic heterocycles. The molecule has 2 heteroatoms. The van der Waals surface area contributed by atoms with Crippen molar-refractivity contribution in [3.63, 3.8) is 0 Å². The topological polar surface area (TPSA) is 3.24 Å². The van der Waals surface area contributed by atoms with Crippen molar-refractivity contribution in [3.05, 3.63) is 223 Å². The van der Waals surface area contributed by atoms with Crippen molar-refractivity contribution >= 4 is 48.6 Å². The van der Waals surface area contributed by atoms with Gasteiger partial charge >= 0.3 is 0 Å². The molecule has 0 amide bonds. The summed E-state index contributed by atoms with van der Waals surface area (Å²) in [5.74, 6) is 0. The van der Waals surface area contributed by atoms with Gasteiger partial charge in [-0.3, -0.25) is 0 Å². The lowest BCUT2D eigenvalue weighted by Crippen LogP contribution is -2.16. The Morgan fingerprint density at radius 3 is 1.64 bits per heavy atom. The Morgan fingerprint density at radius 2 is 0.898 bits per heavy atom. The number of hydrogen-bond donors (Lipinski definition) is 0. The van der Waals surface area contributed by atoms with E-state index < -0.39 is 0 Å². The zero-order valence-corrected chi connectivity index (χ0v) is 33.9. The van der Waals surface area contributed by atoms with Gasteiger partial charge in [0.1, 0.15) is 0 Å². The van der Waals surface area contributed by atoms with E-state index in [-0.39, 0.29) is 5.41 Å². The molecule has 10 aromatic rings. The molecule has 0 spiro atoms. The third-order valence-corrected chi connectivity index (χ3v) is 13.5. The maximum atomic E-state index is 2.56. The van der Waals surface area contributed by atoms with Crippen LogP contribution in [0.1, 0.15) is 25.0 Å². The summed E-state index contributed by atoms with van der Waals surface area (Å²) >= 11 is 1.89. The molecule has 0 saturated carbocycles. The largest absolute Gasteiger partial charge is 0.309 e. The lowest BCUT2D eigenvalue weighted by Gasteiger charge is -2.32. The van der Waals surface area contributed by atoms with E-state index in [0.717, 1.165) is 11.4 Å². The van der Waals surface area contributed by atoms with Gasteiger partial charge in [0, 0.05) is 48.0 Å². The van der Waals surface area contributed by atoms with Gasteiger partial charge < -0.3 is 4.90 Å². The summed E-state index contributed by atoms with van der Waals surface area (Å²) in [6.45, 7) is 4.75. The molecule has 0 atom stereocenters. The van der Waals surface area contributed by atoms with Crippen LogP contribution in [0.4, 0.5) is 17.1 Å². The van der Waals surface area contributed by atoms with Crippen molar-refractivity contribution in [3.8, 4) is 55.6 Å². The summed E-state index contributed by atoms with van der Waals surface area (Å²) in [6, 6.07) is 78.2. The van der Waals surface area contributed by atoms with E-state index in [1.165, 1.54) is 92.6 Å². The van der Waals surface area contributed by atoms with Crippen LogP contribution < -0.4 is 4.90 Å². The van der Waals surface area contributed by atoms with Gasteiger partial charge in [-0.1, -0.05) is 196 Å². The van der Waals surface area contributed by atoms with Gasteiger partial charge in [-0.25, -0.2) is 0 Å². The minimum atomic E-state index is -0.155. The Morgan fingerprint density at radius 1 is 0.373 bits per heavy atom. The minimum Gasteiger partial charge on any atom is -0.309 e. The monoisotopic (exact) mass is 771 g/mol. The van der Waals surface area contributed by atoms with Gasteiger partial charge in [-0.2, -0.15) is 0 Å². The van der Waals surface area contributed by atoms with Crippen LogP contribution in [0.3, 0.4) is 0 Å². The van der Waals surface area contributed by atoms with Crippen molar-refractivity contribution in [2.75, 3.05) is 4.90 Å². The number of thiophene rings is 1. The van der Waals surface area contributed by atoms with Gasteiger partial charge in [0.15, 0.2) is 0 Å². The van der Waals surface area contributed by atoms with E-state index in [1.807, 2.05) is 11.3 Å². The zero-order chi connectivity index (χ0) is 39.5. The Bertz CT molecular complexity index is 3180. The van der Waals surface area contributed by atoms with E-state index in [0.29, 0.717) is 0 Å². The third kappa shape index (κ3) is 5.74. The highest BCUT2D eigenvalue weighted by Gasteiger charge is 2.38. The van der Waals surface area contributed by atoms with Gasteiger partial charge in [-0.05, 0) is 80.4 Å². The number of fused-ring (bicyclic) bond motifs is 6. The molecular weight excluding hydrogens is 731 g/mol. The summed E-state index contributed by atoms with van der Waals surface area (Å²) < 4.78 is 2.60. The van der Waals surface area contributed by atoms with Crippen LogP contribution >= 0.6 is 11.3 Å². The Hall–Kier alpha value is -7.00. The normalized spacial score (nSPS) is 12.7. The zero-order valence-electron chi connectivity index (χ0n) is 33.1. The average molecular weight is 772 g/mol. The molecule has 9 aromatic carbocycles. The van der Waals surface area contributed by atoms with Crippen LogP contribution in [0.5, 0.6) is 0 Å². The molecule has 280 valence electrons. The fraction of sp³-hybridized carbons (Fsp3) is 0.0526. The summed E-state index contributed by atoms with van der Waals surface area (Å²) in [4.78, 5) is 2.56. The second-order valence-corrected chi connectivity index (χ2v) is 17.1. The van der Waals surface area contributed by atoms with Crippen LogP contribution in [0.25, 0.3) is 75.8 Å². The summed E-state index contributed by atoms with van der Waals surface area (Å²) in [7, 11) is 0. The van der Waals surface area contributed by atoms with Crippen LogP contribution in [0.2, 0.25) is 0 Å². The fourth-order valence-corrected chi connectivity index (χ4v) is 10.8. The molecule has 11 rings (SSSR count). The van der Waals surface area contributed by atoms with Gasteiger partial charge in [0.05, 0.1) is 11.4 Å². The second kappa shape index (κ2) is 14.1. The Kier molecular flexibility index (Phi) is 8.43. The molecule has 1 aromatic heterocycles. The van der Waals surface area contributed by atoms with Crippen LogP contribution in [-0.2, 0) is 5.41 Å². The van der Waals surface area contributed by atoms with Crippen molar-refractivity contribution in [1.82, 2.24) is 0 Å². The molecule has 0 N–H and O–H groups in total. The molecule has 1 aliphatic carbocycles. The number of rotatable bonds is 7. The predicted octanol–water partition coefficient (Wildman–Crippen LogP) is 16.5. The first-order valence-electron chi connectivity index (χ1n) is 20.4. The molecule has 59 heavy (non-hydrogen) atoms. The van der Waals surface area contributed by atoms with Crippen LogP contribution in [0.15, 0.2) is 212 Å². The Labute approximate surface area is 350 Å². The molecule has 0 bridgehead atoms. The second-order valence-electron chi connectivity index (χ2n) is 16.0. The van der Waals surface area contributed by atoms with Crippen molar-refractivity contribution in [2.24, 2.45) is 0 Å². The molecule has 1 heterocycles. The third-order valence-electron chi connectivity index (χ3n) is 12.3. The van der Waals surface area contributed by atoms with E-state index in [4.69, 9.17) is 0 Å². The minimum absolute atomic E-state index is 0.155. The quantitative estimate of drug-likeness (QED) is 0.156. The maximum Gasteiger partial charge on any atom is 0.0547 e. The smallest absolute Gasteiger partial charge is 0.0547 e. The summed E-state index contributed by atoms with van der Waals surface area (Å²) in [6.07, 6.45) is 0. The SMILES string of the molecule is CC1(C)c2ccccc2-c2c(N(c3ccc(-c4ccccc4)c(-c4ccccc4)c3)c3cccc(-c4ccccc4)c3-c3cccc4c3sc3ccccc34)cccc21. The number of anilines is 3. The standard InChI is InChI=1S/C57H41NS/c1-57(2)49-30-14-12-26-46(49)55-50(57)31-18-33-52(55)58(41-35-36-42(38-19-6-3-7-20-38)48(37-41)40-23-10-5-11-24-40)51-32-17-27-43(39-21-8-4-9-22-39)54(51)47-29-16-28-45-44-25-13-15-34-53(44)59-56(45)47/h3-37H,1-2H3. The predicted molar refractivity (Wildman–Crippen MR) is 253 cm³/mol. The molecule has 0 saturated heterocycles. The van der Waals surface area contributed by atoms with E-state index >= 15 is 0 Å². The fourth-order valence-electron chi connectivity index (χ4n) is 9.54. The van der Waals surface area contributed by atoms with E-state index in [1.54, 1.807) is 0 Å². The maximum absolute atomic E-state index is 2.56. The first-order valence-corrected chi connectivity index (χ1v) is 21.3. The highest BCUT2D eigenvalue weighted by Crippen LogP contribution is 2.56. The molecule has 1 aliphatic rings. The number of hydrogen-bond acceptors (Lipinski definition) is 2. The number of benzene rings is 9. The highest BCUT2D eigenvalue weighted by atomic mass is 32.1. The Balaban J connectivity index is 1.27. The van der Waals surface area contributed by atoms with Gasteiger partial charge in [0.25, 0.3) is 0 Å².